The molecule has 0 unspecified atom stereocenters. The Balaban J connectivity index is 1.55. The number of H-pyrrole nitrogens is 1. The Morgan fingerprint density at radius 3 is 2.70 bits per heavy atom. The van der Waals surface area contributed by atoms with Crippen LogP contribution in [0.2, 0.25) is 0 Å². The van der Waals surface area contributed by atoms with Crippen molar-refractivity contribution in [3.05, 3.63) is 12.1 Å². The van der Waals surface area contributed by atoms with Crippen molar-refractivity contribution in [3.63, 3.8) is 0 Å². The van der Waals surface area contributed by atoms with E-state index in [-0.39, 0.29) is 12.9 Å². The van der Waals surface area contributed by atoms with E-state index in [1.807, 2.05) is 12.1 Å². The number of hydrogen-bond donors (Lipinski definition) is 3. The SMILES string of the molecule is OC1CCC(Nc2nc3cc4c(cc3[nH]2)OCO4)CC1. The monoisotopic (exact) mass is 275 g/mol. The van der Waals surface area contributed by atoms with Crippen molar-refractivity contribution in [3.8, 4) is 11.5 Å². The zero-order chi connectivity index (χ0) is 13.5. The molecule has 20 heavy (non-hydrogen) atoms. The van der Waals surface area contributed by atoms with Crippen LogP contribution in [0.25, 0.3) is 11.0 Å². The third-order valence-corrected chi connectivity index (χ3v) is 4.01. The van der Waals surface area contributed by atoms with Crippen LogP contribution in [0.4, 0.5) is 5.95 Å². The van der Waals surface area contributed by atoms with Crippen molar-refractivity contribution in [2.24, 2.45) is 0 Å². The van der Waals surface area contributed by atoms with Crippen LogP contribution < -0.4 is 14.8 Å². The van der Waals surface area contributed by atoms with Crippen molar-refractivity contribution in [2.75, 3.05) is 12.1 Å². The molecule has 3 N–H and O–H groups in total. The molecule has 1 aliphatic heterocycles. The number of anilines is 1. The number of aromatic nitrogens is 2. The van der Waals surface area contributed by atoms with E-state index >= 15 is 0 Å². The summed E-state index contributed by atoms with van der Waals surface area (Å²) in [6.07, 6.45) is 3.52. The molecule has 6 nitrogen and oxygen atoms in total. The Kier molecular flexibility index (Phi) is 2.70. The summed E-state index contributed by atoms with van der Waals surface area (Å²) >= 11 is 0. The molecule has 0 radical (unpaired) electrons. The first-order valence-corrected chi connectivity index (χ1v) is 7.02. The lowest BCUT2D eigenvalue weighted by Gasteiger charge is -2.25. The Bertz CT molecular complexity index is 591. The van der Waals surface area contributed by atoms with Gasteiger partial charge in [-0.15, -0.1) is 0 Å². The zero-order valence-corrected chi connectivity index (χ0v) is 11.1. The van der Waals surface area contributed by atoms with Gasteiger partial charge in [-0.1, -0.05) is 0 Å². The van der Waals surface area contributed by atoms with Gasteiger partial charge in [0.1, 0.15) is 0 Å². The second-order valence-electron chi connectivity index (χ2n) is 5.46. The molecule has 0 spiro atoms. The molecule has 1 aliphatic carbocycles. The molecule has 1 aromatic carbocycles. The third-order valence-electron chi connectivity index (χ3n) is 4.01. The molecular weight excluding hydrogens is 258 g/mol. The molecule has 0 saturated heterocycles. The lowest BCUT2D eigenvalue weighted by atomic mass is 9.93. The lowest BCUT2D eigenvalue weighted by Crippen LogP contribution is -2.28. The number of nitrogens with zero attached hydrogens (tertiary/aromatic N) is 1. The summed E-state index contributed by atoms with van der Waals surface area (Å²) in [7, 11) is 0. The number of ether oxygens (including phenoxy) is 2. The minimum Gasteiger partial charge on any atom is -0.454 e. The highest BCUT2D eigenvalue weighted by atomic mass is 16.7. The fourth-order valence-electron chi connectivity index (χ4n) is 2.88. The minimum atomic E-state index is -0.138. The van der Waals surface area contributed by atoms with Gasteiger partial charge in [0.2, 0.25) is 12.7 Å². The van der Waals surface area contributed by atoms with E-state index in [1.165, 1.54) is 0 Å². The zero-order valence-electron chi connectivity index (χ0n) is 11.1. The fraction of sp³-hybridized carbons (Fsp3) is 0.500. The average Bonchev–Trinajstić information content (AvgIpc) is 3.03. The standard InChI is InChI=1S/C14H17N3O3/c18-9-3-1-8(2-4-9)15-14-16-10-5-12-13(20-7-19-12)6-11(10)17-14/h5-6,8-9,18H,1-4,7H2,(H2,15,16,17). The second-order valence-corrected chi connectivity index (χ2v) is 5.46. The van der Waals surface area contributed by atoms with Crippen molar-refractivity contribution >= 4 is 17.0 Å². The summed E-state index contributed by atoms with van der Waals surface area (Å²) in [5.41, 5.74) is 1.81. The van der Waals surface area contributed by atoms with Crippen LogP contribution in [-0.2, 0) is 0 Å². The van der Waals surface area contributed by atoms with E-state index in [4.69, 9.17) is 9.47 Å². The summed E-state index contributed by atoms with van der Waals surface area (Å²) in [6.45, 7) is 0.275. The maximum absolute atomic E-state index is 9.52. The van der Waals surface area contributed by atoms with Crippen LogP contribution in [-0.4, -0.2) is 34.0 Å². The van der Waals surface area contributed by atoms with Gasteiger partial charge in [-0.05, 0) is 25.7 Å². The second kappa shape index (κ2) is 4.56. The first-order chi connectivity index (χ1) is 9.78. The number of aliphatic hydroxyl groups excluding tert-OH is 1. The first-order valence-electron chi connectivity index (χ1n) is 7.02. The molecule has 1 saturated carbocycles. The van der Waals surface area contributed by atoms with Gasteiger partial charge in [-0.2, -0.15) is 0 Å². The van der Waals surface area contributed by atoms with Gasteiger partial charge >= 0.3 is 0 Å². The summed E-state index contributed by atoms with van der Waals surface area (Å²) in [5, 5.41) is 12.9. The van der Waals surface area contributed by atoms with Gasteiger partial charge < -0.3 is 24.9 Å². The van der Waals surface area contributed by atoms with E-state index in [1.54, 1.807) is 0 Å². The van der Waals surface area contributed by atoms with Crippen molar-refractivity contribution in [1.82, 2.24) is 9.97 Å². The molecule has 2 heterocycles. The topological polar surface area (TPSA) is 79.4 Å². The number of rotatable bonds is 2. The van der Waals surface area contributed by atoms with Crippen LogP contribution in [0, 0.1) is 0 Å². The predicted octanol–water partition coefficient (Wildman–Crippen LogP) is 2.01. The van der Waals surface area contributed by atoms with Gasteiger partial charge in [0.25, 0.3) is 0 Å². The fourth-order valence-corrected chi connectivity index (χ4v) is 2.88. The number of hydrogen-bond acceptors (Lipinski definition) is 5. The van der Waals surface area contributed by atoms with E-state index in [2.05, 4.69) is 15.3 Å². The normalized spacial score (nSPS) is 25.1. The van der Waals surface area contributed by atoms with Crippen LogP contribution >= 0.6 is 0 Å². The van der Waals surface area contributed by atoms with E-state index in [0.29, 0.717) is 6.04 Å². The maximum atomic E-state index is 9.52. The molecule has 0 amide bonds. The van der Waals surface area contributed by atoms with Crippen LogP contribution in [0.15, 0.2) is 12.1 Å². The highest BCUT2D eigenvalue weighted by molar-refractivity contribution is 5.82. The number of aromatic amines is 1. The molecule has 2 aromatic rings. The largest absolute Gasteiger partial charge is 0.454 e. The van der Waals surface area contributed by atoms with Gasteiger partial charge in [-0.25, -0.2) is 4.98 Å². The van der Waals surface area contributed by atoms with Gasteiger partial charge in [0, 0.05) is 18.2 Å². The molecule has 1 aromatic heterocycles. The molecule has 4 rings (SSSR count). The molecular formula is C14H17N3O3. The molecule has 6 heteroatoms. The lowest BCUT2D eigenvalue weighted by molar-refractivity contribution is 0.126. The highest BCUT2D eigenvalue weighted by Gasteiger charge is 2.21. The minimum absolute atomic E-state index is 0.138. The molecule has 0 bridgehead atoms. The smallest absolute Gasteiger partial charge is 0.231 e. The molecule has 2 aliphatic rings. The van der Waals surface area contributed by atoms with Gasteiger partial charge in [0.05, 0.1) is 17.1 Å². The first kappa shape index (κ1) is 11.8. The van der Waals surface area contributed by atoms with Crippen LogP contribution in [0.3, 0.4) is 0 Å². The summed E-state index contributed by atoms with van der Waals surface area (Å²) in [5.74, 6) is 2.27. The van der Waals surface area contributed by atoms with Gasteiger partial charge in [-0.3, -0.25) is 0 Å². The maximum Gasteiger partial charge on any atom is 0.231 e. The van der Waals surface area contributed by atoms with E-state index in [9.17, 15) is 5.11 Å². The van der Waals surface area contributed by atoms with Crippen molar-refractivity contribution in [1.29, 1.82) is 0 Å². The van der Waals surface area contributed by atoms with Crippen LogP contribution in [0.1, 0.15) is 25.7 Å². The molecule has 0 atom stereocenters. The number of nitrogens with one attached hydrogen (secondary N) is 2. The Labute approximate surface area is 116 Å². The average molecular weight is 275 g/mol. The van der Waals surface area contributed by atoms with Crippen molar-refractivity contribution < 1.29 is 14.6 Å². The van der Waals surface area contributed by atoms with Gasteiger partial charge in [0.15, 0.2) is 11.5 Å². The van der Waals surface area contributed by atoms with E-state index in [0.717, 1.165) is 54.2 Å². The summed E-state index contributed by atoms with van der Waals surface area (Å²) in [4.78, 5) is 7.80. The number of aliphatic hydroxyl groups is 1. The predicted molar refractivity (Wildman–Crippen MR) is 74.1 cm³/mol. The third kappa shape index (κ3) is 2.06. The van der Waals surface area contributed by atoms with Crippen molar-refractivity contribution in [2.45, 2.75) is 37.8 Å². The Hall–Kier alpha value is -1.95. The Morgan fingerprint density at radius 1 is 1.15 bits per heavy atom. The summed E-state index contributed by atoms with van der Waals surface area (Å²) < 4.78 is 10.7. The number of fused-ring (bicyclic) bond motifs is 2. The Morgan fingerprint density at radius 2 is 1.90 bits per heavy atom. The summed E-state index contributed by atoms with van der Waals surface area (Å²) in [6, 6.07) is 4.18. The van der Waals surface area contributed by atoms with Crippen LogP contribution in [0.5, 0.6) is 11.5 Å². The molecule has 106 valence electrons. The quantitative estimate of drug-likeness (QED) is 0.781. The number of benzene rings is 1. The van der Waals surface area contributed by atoms with E-state index < -0.39 is 0 Å². The molecule has 1 fully saturated rings. The number of imidazole rings is 1. The highest BCUT2D eigenvalue weighted by Crippen LogP contribution is 2.35.